The Balaban J connectivity index is 2.22. The normalized spacial score (nSPS) is 12.0. The standard InChI is InChI=1S/C13H25N3O2/c1-13(2,3)14-11-12-5-6-16(15-12)7-8-18-10-9-17-4/h5-6,14H,7-11H2,1-4H3. The van der Waals surface area contributed by atoms with E-state index in [0.717, 1.165) is 18.8 Å². The maximum atomic E-state index is 5.40. The molecule has 0 saturated heterocycles. The van der Waals surface area contributed by atoms with Gasteiger partial charge in [0.2, 0.25) is 0 Å². The Hall–Kier alpha value is -0.910. The van der Waals surface area contributed by atoms with E-state index in [1.165, 1.54) is 0 Å². The van der Waals surface area contributed by atoms with Crippen molar-refractivity contribution in [3.05, 3.63) is 18.0 Å². The summed E-state index contributed by atoms with van der Waals surface area (Å²) in [7, 11) is 1.67. The van der Waals surface area contributed by atoms with Crippen LogP contribution in [0, 0.1) is 0 Å². The Bertz CT molecular complexity index is 331. The average molecular weight is 255 g/mol. The van der Waals surface area contributed by atoms with Crippen molar-refractivity contribution in [1.29, 1.82) is 0 Å². The van der Waals surface area contributed by atoms with Crippen LogP contribution in [0.3, 0.4) is 0 Å². The predicted molar refractivity (Wildman–Crippen MR) is 71.5 cm³/mol. The first kappa shape index (κ1) is 15.1. The monoisotopic (exact) mass is 255 g/mol. The van der Waals surface area contributed by atoms with Crippen molar-refractivity contribution >= 4 is 0 Å². The first-order valence-corrected chi connectivity index (χ1v) is 6.35. The summed E-state index contributed by atoms with van der Waals surface area (Å²) in [6.07, 6.45) is 1.99. The Labute approximate surface area is 109 Å². The van der Waals surface area contributed by atoms with E-state index in [1.807, 2.05) is 16.9 Å². The largest absolute Gasteiger partial charge is 0.382 e. The molecule has 0 atom stereocenters. The van der Waals surface area contributed by atoms with Crippen LogP contribution < -0.4 is 5.32 Å². The van der Waals surface area contributed by atoms with Crippen LogP contribution >= 0.6 is 0 Å². The van der Waals surface area contributed by atoms with Crippen LogP contribution in [0.2, 0.25) is 0 Å². The van der Waals surface area contributed by atoms with E-state index in [0.29, 0.717) is 19.8 Å². The van der Waals surface area contributed by atoms with Crippen molar-refractivity contribution in [1.82, 2.24) is 15.1 Å². The molecular formula is C13H25N3O2. The van der Waals surface area contributed by atoms with Crippen LogP contribution in [0.15, 0.2) is 12.3 Å². The molecule has 0 fully saturated rings. The molecule has 0 aliphatic carbocycles. The molecule has 0 unspecified atom stereocenters. The highest BCUT2D eigenvalue weighted by molar-refractivity contribution is 4.99. The quantitative estimate of drug-likeness (QED) is 0.714. The highest BCUT2D eigenvalue weighted by Crippen LogP contribution is 2.02. The first-order chi connectivity index (χ1) is 8.51. The van der Waals surface area contributed by atoms with E-state index < -0.39 is 0 Å². The molecule has 5 heteroatoms. The molecule has 0 bridgehead atoms. The number of methoxy groups -OCH3 is 1. The molecule has 104 valence electrons. The Kier molecular flexibility index (Phi) is 6.32. The van der Waals surface area contributed by atoms with Crippen LogP contribution in [0.1, 0.15) is 26.5 Å². The van der Waals surface area contributed by atoms with Crippen molar-refractivity contribution in [3.8, 4) is 0 Å². The maximum Gasteiger partial charge on any atom is 0.0762 e. The molecule has 1 N–H and O–H groups in total. The molecule has 0 spiro atoms. The zero-order valence-electron chi connectivity index (χ0n) is 11.9. The molecule has 0 aromatic carbocycles. The molecule has 0 amide bonds. The summed E-state index contributed by atoms with van der Waals surface area (Å²) in [6, 6.07) is 2.04. The van der Waals surface area contributed by atoms with Crippen molar-refractivity contribution in [2.75, 3.05) is 26.9 Å². The maximum absolute atomic E-state index is 5.40. The summed E-state index contributed by atoms with van der Waals surface area (Å²) >= 11 is 0. The lowest BCUT2D eigenvalue weighted by atomic mass is 10.1. The number of nitrogens with one attached hydrogen (secondary N) is 1. The van der Waals surface area contributed by atoms with Crippen molar-refractivity contribution in [2.24, 2.45) is 0 Å². The van der Waals surface area contributed by atoms with Gasteiger partial charge in [-0.05, 0) is 26.8 Å². The third kappa shape index (κ3) is 6.74. The number of hydrogen-bond acceptors (Lipinski definition) is 4. The Morgan fingerprint density at radius 2 is 2.06 bits per heavy atom. The van der Waals surface area contributed by atoms with E-state index in [9.17, 15) is 0 Å². The molecule has 0 aliphatic rings. The minimum atomic E-state index is 0.118. The molecule has 1 aromatic rings. The third-order valence-electron chi connectivity index (χ3n) is 2.39. The zero-order chi connectivity index (χ0) is 13.4. The van der Waals surface area contributed by atoms with Crippen molar-refractivity contribution < 1.29 is 9.47 Å². The fraction of sp³-hybridized carbons (Fsp3) is 0.769. The molecule has 0 aliphatic heterocycles. The van der Waals surface area contributed by atoms with Gasteiger partial charge in [-0.15, -0.1) is 0 Å². The van der Waals surface area contributed by atoms with Gasteiger partial charge in [0.15, 0.2) is 0 Å². The minimum absolute atomic E-state index is 0.118. The van der Waals surface area contributed by atoms with E-state index in [2.05, 4.69) is 31.2 Å². The second kappa shape index (κ2) is 7.51. The number of aromatic nitrogens is 2. The topological polar surface area (TPSA) is 48.3 Å². The average Bonchev–Trinajstić information content (AvgIpc) is 2.73. The number of rotatable bonds is 8. The first-order valence-electron chi connectivity index (χ1n) is 6.35. The van der Waals surface area contributed by atoms with Gasteiger partial charge in [-0.25, -0.2) is 0 Å². The van der Waals surface area contributed by atoms with Gasteiger partial charge in [0, 0.05) is 25.4 Å². The molecule has 1 heterocycles. The van der Waals surface area contributed by atoms with E-state index in [1.54, 1.807) is 7.11 Å². The summed E-state index contributed by atoms with van der Waals surface area (Å²) in [4.78, 5) is 0. The zero-order valence-corrected chi connectivity index (χ0v) is 11.9. The second-order valence-electron chi connectivity index (χ2n) is 5.28. The van der Waals surface area contributed by atoms with Crippen molar-refractivity contribution in [3.63, 3.8) is 0 Å². The van der Waals surface area contributed by atoms with Crippen LogP contribution in [-0.4, -0.2) is 42.2 Å². The van der Waals surface area contributed by atoms with Gasteiger partial charge in [-0.1, -0.05) is 0 Å². The van der Waals surface area contributed by atoms with Gasteiger partial charge in [0.25, 0.3) is 0 Å². The highest BCUT2D eigenvalue weighted by atomic mass is 16.5. The molecule has 1 rings (SSSR count). The lowest BCUT2D eigenvalue weighted by molar-refractivity contribution is 0.0653. The summed E-state index contributed by atoms with van der Waals surface area (Å²) in [5, 5.41) is 7.89. The number of hydrogen-bond donors (Lipinski definition) is 1. The summed E-state index contributed by atoms with van der Waals surface area (Å²) in [5.41, 5.74) is 1.18. The van der Waals surface area contributed by atoms with E-state index in [4.69, 9.17) is 9.47 Å². The van der Waals surface area contributed by atoms with Gasteiger partial charge >= 0.3 is 0 Å². The van der Waals surface area contributed by atoms with Gasteiger partial charge in [0.05, 0.1) is 32.1 Å². The smallest absolute Gasteiger partial charge is 0.0762 e. The molecular weight excluding hydrogens is 230 g/mol. The van der Waals surface area contributed by atoms with Gasteiger partial charge in [-0.2, -0.15) is 5.10 Å². The Morgan fingerprint density at radius 1 is 1.28 bits per heavy atom. The van der Waals surface area contributed by atoms with E-state index in [-0.39, 0.29) is 5.54 Å². The fourth-order valence-electron chi connectivity index (χ4n) is 1.38. The molecule has 1 aromatic heterocycles. The molecule has 0 radical (unpaired) electrons. The van der Waals surface area contributed by atoms with Crippen LogP contribution in [-0.2, 0) is 22.6 Å². The summed E-state index contributed by atoms with van der Waals surface area (Å²) in [6.45, 7) is 9.95. The number of nitrogens with zero attached hydrogens (tertiary/aromatic N) is 2. The fourth-order valence-corrected chi connectivity index (χ4v) is 1.38. The summed E-state index contributed by atoms with van der Waals surface area (Å²) in [5.74, 6) is 0. The molecule has 0 saturated carbocycles. The lowest BCUT2D eigenvalue weighted by Crippen LogP contribution is -2.35. The van der Waals surface area contributed by atoms with E-state index >= 15 is 0 Å². The second-order valence-corrected chi connectivity index (χ2v) is 5.28. The van der Waals surface area contributed by atoms with Crippen LogP contribution in [0.5, 0.6) is 0 Å². The molecule has 18 heavy (non-hydrogen) atoms. The lowest BCUT2D eigenvalue weighted by Gasteiger charge is -2.19. The SMILES string of the molecule is COCCOCCn1ccc(CNC(C)(C)C)n1. The summed E-state index contributed by atoms with van der Waals surface area (Å²) < 4.78 is 12.2. The van der Waals surface area contributed by atoms with Crippen LogP contribution in [0.25, 0.3) is 0 Å². The molecule has 5 nitrogen and oxygen atoms in total. The van der Waals surface area contributed by atoms with Gasteiger partial charge in [-0.3, -0.25) is 4.68 Å². The Morgan fingerprint density at radius 3 is 2.72 bits per heavy atom. The third-order valence-corrected chi connectivity index (χ3v) is 2.39. The predicted octanol–water partition coefficient (Wildman–Crippen LogP) is 1.43. The highest BCUT2D eigenvalue weighted by Gasteiger charge is 2.09. The van der Waals surface area contributed by atoms with Gasteiger partial charge < -0.3 is 14.8 Å². The minimum Gasteiger partial charge on any atom is -0.382 e. The number of ether oxygens (including phenoxy) is 2. The van der Waals surface area contributed by atoms with Crippen molar-refractivity contribution in [2.45, 2.75) is 39.4 Å². The van der Waals surface area contributed by atoms with Crippen LogP contribution in [0.4, 0.5) is 0 Å². The van der Waals surface area contributed by atoms with Gasteiger partial charge in [0.1, 0.15) is 0 Å².